The zero-order valence-corrected chi connectivity index (χ0v) is 12.9. The van der Waals surface area contributed by atoms with Crippen LogP contribution < -0.4 is 5.32 Å². The van der Waals surface area contributed by atoms with Crippen LogP contribution in [0.1, 0.15) is 39.0 Å². The van der Waals surface area contributed by atoms with Gasteiger partial charge in [-0.25, -0.2) is 0 Å². The molecular formula is C16H30N2O2. The zero-order chi connectivity index (χ0) is 13.8. The molecule has 20 heavy (non-hydrogen) atoms. The molecule has 4 heteroatoms. The fourth-order valence-electron chi connectivity index (χ4n) is 4.25. The molecule has 3 atom stereocenters. The quantitative estimate of drug-likeness (QED) is 0.831. The monoisotopic (exact) mass is 282 g/mol. The third kappa shape index (κ3) is 3.19. The second-order valence-corrected chi connectivity index (χ2v) is 6.81. The molecule has 0 amide bonds. The molecule has 116 valence electrons. The SMILES string of the molecule is CCNCC1(CN2CCOC3CCCC32)CCCOC1. The molecule has 3 fully saturated rings. The number of hydrogen-bond acceptors (Lipinski definition) is 4. The Bertz CT molecular complexity index is 305. The number of fused-ring (bicyclic) bond motifs is 1. The summed E-state index contributed by atoms with van der Waals surface area (Å²) in [5.74, 6) is 0. The molecule has 2 saturated heterocycles. The van der Waals surface area contributed by atoms with Crippen molar-refractivity contribution in [2.45, 2.75) is 51.2 Å². The van der Waals surface area contributed by atoms with Crippen molar-refractivity contribution in [3.63, 3.8) is 0 Å². The fourth-order valence-corrected chi connectivity index (χ4v) is 4.25. The van der Waals surface area contributed by atoms with Gasteiger partial charge in [-0.2, -0.15) is 0 Å². The van der Waals surface area contributed by atoms with Gasteiger partial charge in [-0.05, 0) is 38.6 Å². The standard InChI is InChI=1S/C16H30N2O2/c1-2-17-11-16(7-4-9-19-13-16)12-18-8-10-20-15-6-3-5-14(15)18/h14-15,17H,2-13H2,1H3. The number of nitrogens with zero attached hydrogens (tertiary/aromatic N) is 1. The van der Waals surface area contributed by atoms with Gasteiger partial charge < -0.3 is 14.8 Å². The third-order valence-corrected chi connectivity index (χ3v) is 5.29. The Labute approximate surface area is 123 Å². The lowest BCUT2D eigenvalue weighted by Crippen LogP contribution is -2.56. The van der Waals surface area contributed by atoms with Crippen LogP contribution in [0, 0.1) is 5.41 Å². The average molecular weight is 282 g/mol. The van der Waals surface area contributed by atoms with E-state index in [2.05, 4.69) is 17.1 Å². The van der Waals surface area contributed by atoms with E-state index in [1.165, 1.54) is 38.6 Å². The first-order chi connectivity index (χ1) is 9.83. The summed E-state index contributed by atoms with van der Waals surface area (Å²) in [6.07, 6.45) is 6.94. The molecule has 3 unspecified atom stereocenters. The van der Waals surface area contributed by atoms with Crippen molar-refractivity contribution < 1.29 is 9.47 Å². The molecule has 2 heterocycles. The molecule has 1 aliphatic carbocycles. The van der Waals surface area contributed by atoms with E-state index in [0.29, 0.717) is 17.6 Å². The van der Waals surface area contributed by atoms with Gasteiger partial charge in [0.25, 0.3) is 0 Å². The van der Waals surface area contributed by atoms with Crippen molar-refractivity contribution in [2.24, 2.45) is 5.41 Å². The maximum absolute atomic E-state index is 5.95. The minimum atomic E-state index is 0.318. The van der Waals surface area contributed by atoms with Crippen LogP contribution in [-0.4, -0.2) is 63.0 Å². The molecule has 1 saturated carbocycles. The smallest absolute Gasteiger partial charge is 0.0730 e. The first-order valence-electron chi connectivity index (χ1n) is 8.47. The van der Waals surface area contributed by atoms with Crippen LogP contribution in [-0.2, 0) is 9.47 Å². The van der Waals surface area contributed by atoms with E-state index in [1.807, 2.05) is 0 Å². The van der Waals surface area contributed by atoms with Crippen LogP contribution >= 0.6 is 0 Å². The van der Waals surface area contributed by atoms with Crippen molar-refractivity contribution in [3.8, 4) is 0 Å². The van der Waals surface area contributed by atoms with Gasteiger partial charge in [-0.1, -0.05) is 6.92 Å². The highest BCUT2D eigenvalue weighted by Gasteiger charge is 2.41. The fraction of sp³-hybridized carbons (Fsp3) is 1.00. The van der Waals surface area contributed by atoms with Crippen LogP contribution in [0.2, 0.25) is 0 Å². The lowest BCUT2D eigenvalue weighted by Gasteiger charge is -2.45. The second kappa shape index (κ2) is 6.73. The van der Waals surface area contributed by atoms with Gasteiger partial charge in [0.15, 0.2) is 0 Å². The molecule has 0 bridgehead atoms. The Morgan fingerprint density at radius 1 is 1.25 bits per heavy atom. The van der Waals surface area contributed by atoms with E-state index in [0.717, 1.165) is 39.5 Å². The van der Waals surface area contributed by atoms with Gasteiger partial charge in [-0.3, -0.25) is 4.90 Å². The van der Waals surface area contributed by atoms with Gasteiger partial charge in [0, 0.05) is 37.7 Å². The second-order valence-electron chi connectivity index (χ2n) is 6.81. The summed E-state index contributed by atoms with van der Waals surface area (Å²) in [6, 6.07) is 0.671. The highest BCUT2D eigenvalue weighted by atomic mass is 16.5. The molecule has 1 N–H and O–H groups in total. The van der Waals surface area contributed by atoms with Gasteiger partial charge in [0.1, 0.15) is 0 Å². The van der Waals surface area contributed by atoms with Crippen molar-refractivity contribution in [1.29, 1.82) is 0 Å². The average Bonchev–Trinajstić information content (AvgIpc) is 2.96. The van der Waals surface area contributed by atoms with Crippen LogP contribution in [0.5, 0.6) is 0 Å². The summed E-state index contributed by atoms with van der Waals surface area (Å²) in [6.45, 7) is 9.42. The van der Waals surface area contributed by atoms with Crippen molar-refractivity contribution in [1.82, 2.24) is 10.2 Å². The number of nitrogens with one attached hydrogen (secondary N) is 1. The molecule has 3 aliphatic rings. The van der Waals surface area contributed by atoms with E-state index in [4.69, 9.17) is 9.47 Å². The Morgan fingerprint density at radius 2 is 2.20 bits per heavy atom. The summed E-state index contributed by atoms with van der Waals surface area (Å²) in [5.41, 5.74) is 0.318. The first kappa shape index (κ1) is 14.8. The van der Waals surface area contributed by atoms with Crippen molar-refractivity contribution in [2.75, 3.05) is 46.0 Å². The van der Waals surface area contributed by atoms with E-state index < -0.39 is 0 Å². The van der Waals surface area contributed by atoms with Crippen molar-refractivity contribution in [3.05, 3.63) is 0 Å². The summed E-state index contributed by atoms with van der Waals surface area (Å²) in [4.78, 5) is 2.72. The molecule has 0 radical (unpaired) electrons. The predicted octanol–water partition coefficient (Wildman–Crippen LogP) is 1.65. The minimum absolute atomic E-state index is 0.318. The summed E-state index contributed by atoms with van der Waals surface area (Å²) >= 11 is 0. The van der Waals surface area contributed by atoms with Gasteiger partial charge in [0.2, 0.25) is 0 Å². The number of morpholine rings is 1. The van der Waals surface area contributed by atoms with Crippen LogP contribution in [0.25, 0.3) is 0 Å². The molecule has 0 aromatic carbocycles. The third-order valence-electron chi connectivity index (χ3n) is 5.29. The van der Waals surface area contributed by atoms with Crippen LogP contribution in [0.15, 0.2) is 0 Å². The van der Waals surface area contributed by atoms with E-state index >= 15 is 0 Å². The normalized spacial score (nSPS) is 38.9. The highest BCUT2D eigenvalue weighted by molar-refractivity contribution is 4.94. The lowest BCUT2D eigenvalue weighted by atomic mass is 9.81. The molecule has 0 aromatic rings. The number of rotatable bonds is 5. The largest absolute Gasteiger partial charge is 0.381 e. The molecule has 0 spiro atoms. The topological polar surface area (TPSA) is 33.7 Å². The van der Waals surface area contributed by atoms with Crippen molar-refractivity contribution >= 4 is 0 Å². The van der Waals surface area contributed by atoms with Crippen LogP contribution in [0.4, 0.5) is 0 Å². The maximum Gasteiger partial charge on any atom is 0.0730 e. The predicted molar refractivity (Wildman–Crippen MR) is 80.0 cm³/mol. The number of hydrogen-bond donors (Lipinski definition) is 1. The molecule has 3 rings (SSSR count). The lowest BCUT2D eigenvalue weighted by molar-refractivity contribution is -0.0892. The molecule has 4 nitrogen and oxygen atoms in total. The Kier molecular flexibility index (Phi) is 4.97. The maximum atomic E-state index is 5.95. The zero-order valence-electron chi connectivity index (χ0n) is 12.9. The van der Waals surface area contributed by atoms with E-state index in [-0.39, 0.29) is 0 Å². The number of ether oxygens (including phenoxy) is 2. The van der Waals surface area contributed by atoms with Gasteiger partial charge in [0.05, 0.1) is 19.3 Å². The Morgan fingerprint density at radius 3 is 3.00 bits per heavy atom. The van der Waals surface area contributed by atoms with E-state index in [9.17, 15) is 0 Å². The Balaban J connectivity index is 1.65. The summed E-state index contributed by atoms with van der Waals surface area (Å²) in [7, 11) is 0. The Hall–Kier alpha value is -0.160. The van der Waals surface area contributed by atoms with Crippen LogP contribution in [0.3, 0.4) is 0 Å². The molecule has 0 aromatic heterocycles. The van der Waals surface area contributed by atoms with Gasteiger partial charge in [-0.15, -0.1) is 0 Å². The first-order valence-corrected chi connectivity index (χ1v) is 8.47. The minimum Gasteiger partial charge on any atom is -0.381 e. The van der Waals surface area contributed by atoms with E-state index in [1.54, 1.807) is 0 Å². The highest BCUT2D eigenvalue weighted by Crippen LogP contribution is 2.35. The summed E-state index contributed by atoms with van der Waals surface area (Å²) < 4.78 is 11.8. The molecule has 2 aliphatic heterocycles. The summed E-state index contributed by atoms with van der Waals surface area (Å²) in [5, 5.41) is 3.57. The molecular weight excluding hydrogens is 252 g/mol. The van der Waals surface area contributed by atoms with Gasteiger partial charge >= 0.3 is 0 Å².